The van der Waals surface area contributed by atoms with Crippen LogP contribution in [0.15, 0.2) is 0 Å². The third kappa shape index (κ3) is 3.85. The van der Waals surface area contributed by atoms with Crippen LogP contribution in [0.3, 0.4) is 0 Å². The van der Waals surface area contributed by atoms with E-state index in [2.05, 4.69) is 24.9 Å². The first-order valence-electron chi connectivity index (χ1n) is 6.64. The molecule has 2 aromatic heterocycles. The molecule has 0 aromatic carbocycles. The van der Waals surface area contributed by atoms with Gasteiger partial charge in [0.2, 0.25) is 11.0 Å². The fraction of sp³-hybridized carbons (Fsp3) is 0.538. The highest BCUT2D eigenvalue weighted by molar-refractivity contribution is 7.09. The van der Waals surface area contributed by atoms with Crippen molar-refractivity contribution in [1.82, 2.24) is 19.6 Å². The Morgan fingerprint density at radius 2 is 2.24 bits per heavy atom. The second-order valence-corrected chi connectivity index (χ2v) is 5.70. The Labute approximate surface area is 127 Å². The number of aromatic nitrogens is 4. The second kappa shape index (κ2) is 6.77. The molecule has 21 heavy (non-hydrogen) atoms. The molecule has 0 aliphatic rings. The number of H-pyrrole nitrogens is 1. The van der Waals surface area contributed by atoms with Gasteiger partial charge in [0.1, 0.15) is 6.61 Å². The summed E-state index contributed by atoms with van der Waals surface area (Å²) in [7, 11) is 1.58. The minimum absolute atomic E-state index is 0.0809. The van der Waals surface area contributed by atoms with Crippen LogP contribution in [0.1, 0.15) is 42.0 Å². The number of nitrogens with zero attached hydrogens (tertiary/aromatic N) is 3. The first-order chi connectivity index (χ1) is 10.0. The van der Waals surface area contributed by atoms with E-state index in [1.54, 1.807) is 7.11 Å². The lowest BCUT2D eigenvalue weighted by Gasteiger charge is -2.11. The average Bonchev–Trinajstić information content (AvgIpc) is 2.97. The van der Waals surface area contributed by atoms with E-state index >= 15 is 0 Å². The Bertz CT molecular complexity index is 602. The van der Waals surface area contributed by atoms with Crippen molar-refractivity contribution in [2.75, 3.05) is 12.4 Å². The lowest BCUT2D eigenvalue weighted by atomic mass is 9.96. The van der Waals surface area contributed by atoms with Gasteiger partial charge < -0.3 is 10.1 Å². The molecule has 7 nitrogen and oxygen atoms in total. The lowest BCUT2D eigenvalue weighted by molar-refractivity contribution is -0.116. The zero-order valence-electron chi connectivity index (χ0n) is 12.6. The van der Waals surface area contributed by atoms with Crippen molar-refractivity contribution in [3.05, 3.63) is 22.8 Å². The molecule has 0 aliphatic heterocycles. The van der Waals surface area contributed by atoms with E-state index in [-0.39, 0.29) is 11.8 Å². The maximum Gasteiger partial charge on any atom is 0.226 e. The molecule has 0 aliphatic carbocycles. The Morgan fingerprint density at radius 1 is 1.48 bits per heavy atom. The van der Waals surface area contributed by atoms with Gasteiger partial charge >= 0.3 is 0 Å². The lowest BCUT2D eigenvalue weighted by Crippen LogP contribution is -2.15. The first-order valence-corrected chi connectivity index (χ1v) is 7.41. The maximum atomic E-state index is 12.1. The normalized spacial score (nSPS) is 12.4. The molecule has 114 valence electrons. The van der Waals surface area contributed by atoms with Crippen LogP contribution in [-0.4, -0.2) is 32.6 Å². The van der Waals surface area contributed by atoms with Gasteiger partial charge in [0.25, 0.3) is 0 Å². The molecule has 2 heterocycles. The zero-order chi connectivity index (χ0) is 15.4. The number of methoxy groups -OCH3 is 1. The number of anilines is 1. The molecule has 0 fully saturated rings. The molecule has 0 saturated carbocycles. The molecule has 8 heteroatoms. The van der Waals surface area contributed by atoms with Crippen LogP contribution in [0.5, 0.6) is 0 Å². The summed E-state index contributed by atoms with van der Waals surface area (Å²) >= 11 is 1.16. The van der Waals surface area contributed by atoms with E-state index < -0.39 is 0 Å². The standard InChI is InChI=1S/C13H19N5O2S/c1-7(12-8(2)16-17-9(12)3)5-11(19)15-13-14-10(6-20-4)18-21-13/h7H,5-6H2,1-4H3,(H,16,17)(H,14,15,18,19)/t7-/m1/s1. The summed E-state index contributed by atoms with van der Waals surface area (Å²) in [4.78, 5) is 16.3. The minimum Gasteiger partial charge on any atom is -0.377 e. The van der Waals surface area contributed by atoms with E-state index in [1.807, 2.05) is 20.8 Å². The van der Waals surface area contributed by atoms with Gasteiger partial charge in [-0.2, -0.15) is 9.47 Å². The monoisotopic (exact) mass is 309 g/mol. The third-order valence-corrected chi connectivity index (χ3v) is 3.83. The van der Waals surface area contributed by atoms with Gasteiger partial charge in [-0.15, -0.1) is 0 Å². The van der Waals surface area contributed by atoms with Crippen molar-refractivity contribution in [2.45, 2.75) is 39.7 Å². The Hall–Kier alpha value is -1.80. The van der Waals surface area contributed by atoms with Crippen molar-refractivity contribution in [1.29, 1.82) is 0 Å². The molecule has 2 N–H and O–H groups in total. The van der Waals surface area contributed by atoms with Crippen molar-refractivity contribution in [2.24, 2.45) is 0 Å². The highest BCUT2D eigenvalue weighted by Gasteiger charge is 2.18. The first kappa shape index (κ1) is 15.6. The summed E-state index contributed by atoms with van der Waals surface area (Å²) < 4.78 is 9.04. The molecule has 0 unspecified atom stereocenters. The second-order valence-electron chi connectivity index (χ2n) is 4.95. The number of ether oxygens (including phenoxy) is 1. The number of hydrogen-bond donors (Lipinski definition) is 2. The van der Waals surface area contributed by atoms with Gasteiger partial charge in [0, 0.05) is 30.8 Å². The predicted octanol–water partition coefficient (Wildman–Crippen LogP) is 2.16. The summed E-state index contributed by atoms with van der Waals surface area (Å²) in [5.74, 6) is 0.588. The summed E-state index contributed by atoms with van der Waals surface area (Å²) in [6.45, 7) is 6.26. The molecular weight excluding hydrogens is 290 g/mol. The van der Waals surface area contributed by atoms with Crippen LogP contribution < -0.4 is 5.32 Å². The van der Waals surface area contributed by atoms with Gasteiger partial charge in [-0.3, -0.25) is 9.89 Å². The summed E-state index contributed by atoms with van der Waals surface area (Å²) in [5.41, 5.74) is 3.04. The highest BCUT2D eigenvalue weighted by Crippen LogP contribution is 2.25. The number of aryl methyl sites for hydroxylation is 2. The number of amides is 1. The van der Waals surface area contributed by atoms with Crippen molar-refractivity contribution in [3.63, 3.8) is 0 Å². The summed E-state index contributed by atoms with van der Waals surface area (Å²) in [5, 5.41) is 10.4. The van der Waals surface area contributed by atoms with Gasteiger partial charge in [-0.25, -0.2) is 4.98 Å². The average molecular weight is 309 g/mol. The van der Waals surface area contributed by atoms with Crippen LogP contribution in [0.25, 0.3) is 0 Å². The van der Waals surface area contributed by atoms with Crippen LogP contribution >= 0.6 is 11.5 Å². The van der Waals surface area contributed by atoms with Crippen LogP contribution in [0.4, 0.5) is 5.13 Å². The Morgan fingerprint density at radius 3 is 2.86 bits per heavy atom. The Balaban J connectivity index is 1.95. The topological polar surface area (TPSA) is 92.8 Å². The number of hydrogen-bond acceptors (Lipinski definition) is 6. The van der Waals surface area contributed by atoms with E-state index in [0.717, 1.165) is 28.5 Å². The number of nitrogens with one attached hydrogen (secondary N) is 2. The number of aromatic amines is 1. The zero-order valence-corrected chi connectivity index (χ0v) is 13.4. The van der Waals surface area contributed by atoms with Crippen LogP contribution in [0.2, 0.25) is 0 Å². The predicted molar refractivity (Wildman–Crippen MR) is 80.3 cm³/mol. The quantitative estimate of drug-likeness (QED) is 0.853. The maximum absolute atomic E-state index is 12.1. The summed E-state index contributed by atoms with van der Waals surface area (Å²) in [6.07, 6.45) is 0.375. The number of carbonyl (C=O) groups is 1. The molecule has 1 amide bonds. The number of carbonyl (C=O) groups excluding carboxylic acids is 1. The fourth-order valence-corrected chi connectivity index (χ4v) is 2.92. The molecule has 0 spiro atoms. The smallest absolute Gasteiger partial charge is 0.226 e. The molecular formula is C13H19N5O2S. The summed E-state index contributed by atoms with van der Waals surface area (Å²) in [6, 6.07) is 0. The number of rotatable bonds is 6. The van der Waals surface area contributed by atoms with E-state index in [0.29, 0.717) is 24.0 Å². The van der Waals surface area contributed by atoms with Gasteiger partial charge in [-0.05, 0) is 25.3 Å². The van der Waals surface area contributed by atoms with Crippen LogP contribution in [-0.2, 0) is 16.1 Å². The van der Waals surface area contributed by atoms with E-state index in [1.165, 1.54) is 0 Å². The van der Waals surface area contributed by atoms with Crippen LogP contribution in [0, 0.1) is 13.8 Å². The molecule has 1 atom stereocenters. The van der Waals surface area contributed by atoms with Crippen molar-refractivity contribution < 1.29 is 9.53 Å². The molecule has 2 rings (SSSR count). The van der Waals surface area contributed by atoms with Crippen molar-refractivity contribution in [3.8, 4) is 0 Å². The largest absolute Gasteiger partial charge is 0.377 e. The van der Waals surface area contributed by atoms with E-state index in [4.69, 9.17) is 4.74 Å². The SMILES string of the molecule is COCc1nsc(NC(=O)C[C@@H](C)c2c(C)n[nH]c2C)n1. The molecule has 0 bridgehead atoms. The Kier molecular flexibility index (Phi) is 5.03. The van der Waals surface area contributed by atoms with Gasteiger partial charge in [0.15, 0.2) is 5.82 Å². The molecule has 0 saturated heterocycles. The highest BCUT2D eigenvalue weighted by atomic mass is 32.1. The van der Waals surface area contributed by atoms with Gasteiger partial charge in [-0.1, -0.05) is 6.92 Å². The van der Waals surface area contributed by atoms with Crippen molar-refractivity contribution >= 4 is 22.6 Å². The molecule has 2 aromatic rings. The third-order valence-electron chi connectivity index (χ3n) is 3.16. The molecule has 0 radical (unpaired) electrons. The minimum atomic E-state index is -0.0809. The van der Waals surface area contributed by atoms with E-state index in [9.17, 15) is 4.79 Å². The van der Waals surface area contributed by atoms with Gasteiger partial charge in [0.05, 0.1) is 5.69 Å². The fourth-order valence-electron chi connectivity index (χ4n) is 2.33.